The maximum atomic E-state index is 5.81. The van der Waals surface area contributed by atoms with Crippen LogP contribution in [0.3, 0.4) is 0 Å². The number of nitrogens with one attached hydrogen (secondary N) is 1. The van der Waals surface area contributed by atoms with Gasteiger partial charge in [-0.3, -0.25) is 5.43 Å². The van der Waals surface area contributed by atoms with Crippen LogP contribution in [-0.2, 0) is 0 Å². The Kier molecular flexibility index (Phi) is 4.52. The van der Waals surface area contributed by atoms with Crippen molar-refractivity contribution in [3.63, 3.8) is 0 Å². The van der Waals surface area contributed by atoms with Crippen molar-refractivity contribution < 1.29 is 0 Å². The van der Waals surface area contributed by atoms with E-state index >= 15 is 0 Å². The second-order valence-electron chi connectivity index (χ2n) is 5.49. The Morgan fingerprint density at radius 1 is 1.00 bits per heavy atom. The molecule has 3 N–H and O–H groups in total. The highest BCUT2D eigenvalue weighted by atomic mass is 15.3. The van der Waals surface area contributed by atoms with Crippen LogP contribution in [0.4, 0.5) is 11.5 Å². The van der Waals surface area contributed by atoms with Crippen LogP contribution in [0.2, 0.25) is 0 Å². The molecule has 0 bridgehead atoms. The second kappa shape index (κ2) is 6.91. The van der Waals surface area contributed by atoms with E-state index in [9.17, 15) is 0 Å². The number of hydrogen-bond acceptors (Lipinski definition) is 5. The lowest BCUT2D eigenvalue weighted by Crippen LogP contribution is -2.03. The lowest BCUT2D eigenvalue weighted by Gasteiger charge is -2.07. The predicted molar refractivity (Wildman–Crippen MR) is 98.9 cm³/mol. The van der Waals surface area contributed by atoms with E-state index in [1.54, 1.807) is 0 Å². The van der Waals surface area contributed by atoms with Crippen molar-refractivity contribution in [2.24, 2.45) is 5.10 Å². The van der Waals surface area contributed by atoms with E-state index in [0.29, 0.717) is 17.3 Å². The third kappa shape index (κ3) is 3.76. The number of nitrogens with zero attached hydrogens (tertiary/aromatic N) is 3. The number of aryl methyl sites for hydroxylation is 1. The quantitative estimate of drug-likeness (QED) is 0.435. The standard InChI is InChI=1S/C19H19N5/c1-13(16-9-6-10-17(20)11-16)23-24-19-12-18(21-14(2)22-19)15-7-4-3-5-8-15/h3-12H,20H2,1-2H3,(H,21,22,24). The summed E-state index contributed by atoms with van der Waals surface area (Å²) in [5.41, 5.74) is 13.2. The summed E-state index contributed by atoms with van der Waals surface area (Å²) in [5, 5.41) is 4.40. The number of nitrogens with two attached hydrogens (primary N) is 1. The Balaban J connectivity index is 1.85. The molecule has 24 heavy (non-hydrogen) atoms. The van der Waals surface area contributed by atoms with Gasteiger partial charge in [-0.25, -0.2) is 9.97 Å². The minimum Gasteiger partial charge on any atom is -0.399 e. The van der Waals surface area contributed by atoms with Gasteiger partial charge in [0.05, 0.1) is 11.4 Å². The SMILES string of the molecule is CC(=NNc1cc(-c2ccccc2)nc(C)n1)c1cccc(N)c1. The first kappa shape index (κ1) is 15.7. The lowest BCUT2D eigenvalue weighted by molar-refractivity contribution is 1.05. The predicted octanol–water partition coefficient (Wildman–Crippen LogP) is 3.87. The molecule has 3 rings (SSSR count). The van der Waals surface area contributed by atoms with Crippen molar-refractivity contribution in [3.8, 4) is 11.3 Å². The van der Waals surface area contributed by atoms with Gasteiger partial charge < -0.3 is 5.73 Å². The Morgan fingerprint density at radius 3 is 2.54 bits per heavy atom. The first-order valence-corrected chi connectivity index (χ1v) is 7.69. The number of benzene rings is 2. The molecule has 0 fully saturated rings. The highest BCUT2D eigenvalue weighted by Gasteiger charge is 2.04. The van der Waals surface area contributed by atoms with E-state index in [4.69, 9.17) is 5.73 Å². The molecule has 0 radical (unpaired) electrons. The number of hydrogen-bond donors (Lipinski definition) is 2. The Hall–Kier alpha value is -3.21. The van der Waals surface area contributed by atoms with Gasteiger partial charge in [-0.15, -0.1) is 0 Å². The van der Waals surface area contributed by atoms with Crippen LogP contribution in [-0.4, -0.2) is 15.7 Å². The van der Waals surface area contributed by atoms with Gasteiger partial charge in [0, 0.05) is 17.3 Å². The molecule has 5 nitrogen and oxygen atoms in total. The van der Waals surface area contributed by atoms with E-state index in [0.717, 1.165) is 22.5 Å². The van der Waals surface area contributed by atoms with Gasteiger partial charge >= 0.3 is 0 Å². The largest absolute Gasteiger partial charge is 0.399 e. The van der Waals surface area contributed by atoms with E-state index in [1.165, 1.54) is 0 Å². The zero-order valence-electron chi connectivity index (χ0n) is 13.7. The van der Waals surface area contributed by atoms with Crippen molar-refractivity contribution in [2.45, 2.75) is 13.8 Å². The minimum absolute atomic E-state index is 0.657. The van der Waals surface area contributed by atoms with Gasteiger partial charge in [0.15, 0.2) is 0 Å². The summed E-state index contributed by atoms with van der Waals surface area (Å²) in [6.45, 7) is 3.79. The fraction of sp³-hybridized carbons (Fsp3) is 0.105. The van der Waals surface area contributed by atoms with E-state index in [2.05, 4.69) is 20.5 Å². The number of hydrazone groups is 1. The molecule has 0 atom stereocenters. The molecule has 0 amide bonds. The van der Waals surface area contributed by atoms with Gasteiger partial charge in [-0.05, 0) is 31.5 Å². The molecular weight excluding hydrogens is 298 g/mol. The van der Waals surface area contributed by atoms with Crippen LogP contribution < -0.4 is 11.2 Å². The maximum Gasteiger partial charge on any atom is 0.150 e. The molecule has 0 aliphatic carbocycles. The van der Waals surface area contributed by atoms with E-state index in [1.807, 2.05) is 74.5 Å². The van der Waals surface area contributed by atoms with Gasteiger partial charge in [0.1, 0.15) is 11.6 Å². The van der Waals surface area contributed by atoms with Crippen molar-refractivity contribution >= 4 is 17.2 Å². The van der Waals surface area contributed by atoms with Crippen molar-refractivity contribution in [3.05, 3.63) is 72.1 Å². The Labute approximate surface area is 141 Å². The lowest BCUT2D eigenvalue weighted by atomic mass is 10.1. The normalized spacial score (nSPS) is 11.3. The molecule has 0 unspecified atom stereocenters. The zero-order valence-corrected chi connectivity index (χ0v) is 13.7. The molecule has 0 aliphatic rings. The van der Waals surface area contributed by atoms with Crippen LogP contribution in [0.25, 0.3) is 11.3 Å². The number of aromatic nitrogens is 2. The molecule has 0 saturated carbocycles. The molecule has 0 spiro atoms. The summed E-state index contributed by atoms with van der Waals surface area (Å²) in [4.78, 5) is 8.87. The molecule has 2 aromatic carbocycles. The van der Waals surface area contributed by atoms with Crippen LogP contribution in [0.1, 0.15) is 18.3 Å². The minimum atomic E-state index is 0.657. The molecule has 1 aromatic heterocycles. The topological polar surface area (TPSA) is 76.2 Å². The molecule has 5 heteroatoms. The highest BCUT2D eigenvalue weighted by molar-refractivity contribution is 5.99. The number of rotatable bonds is 4. The van der Waals surface area contributed by atoms with Gasteiger partial charge in [-0.1, -0.05) is 42.5 Å². The Bertz CT molecular complexity index is 872. The zero-order chi connectivity index (χ0) is 16.9. The third-order valence-electron chi connectivity index (χ3n) is 3.55. The average molecular weight is 317 g/mol. The average Bonchev–Trinajstić information content (AvgIpc) is 2.60. The summed E-state index contributed by atoms with van der Waals surface area (Å²) in [6.07, 6.45) is 0. The maximum absolute atomic E-state index is 5.81. The number of anilines is 2. The van der Waals surface area contributed by atoms with Crippen LogP contribution in [0.15, 0.2) is 65.8 Å². The third-order valence-corrected chi connectivity index (χ3v) is 3.55. The summed E-state index contributed by atoms with van der Waals surface area (Å²) in [6, 6.07) is 19.5. The van der Waals surface area contributed by atoms with Crippen molar-refractivity contribution in [1.82, 2.24) is 9.97 Å². The Morgan fingerprint density at radius 2 is 1.79 bits per heavy atom. The molecule has 120 valence electrons. The molecular formula is C19H19N5. The van der Waals surface area contributed by atoms with Crippen LogP contribution >= 0.6 is 0 Å². The monoisotopic (exact) mass is 317 g/mol. The molecule has 1 heterocycles. The summed E-state index contributed by atoms with van der Waals surface area (Å²) in [5.74, 6) is 1.35. The fourth-order valence-corrected chi connectivity index (χ4v) is 2.35. The van der Waals surface area contributed by atoms with Crippen LogP contribution in [0.5, 0.6) is 0 Å². The number of nitrogen functional groups attached to an aromatic ring is 1. The van der Waals surface area contributed by atoms with Crippen LogP contribution in [0, 0.1) is 6.92 Å². The van der Waals surface area contributed by atoms with Crippen molar-refractivity contribution in [2.75, 3.05) is 11.2 Å². The first-order chi connectivity index (χ1) is 11.6. The van der Waals surface area contributed by atoms with Crippen molar-refractivity contribution in [1.29, 1.82) is 0 Å². The molecule has 0 aliphatic heterocycles. The second-order valence-corrected chi connectivity index (χ2v) is 5.49. The van der Waals surface area contributed by atoms with Gasteiger partial charge in [0.25, 0.3) is 0 Å². The van der Waals surface area contributed by atoms with Gasteiger partial charge in [0.2, 0.25) is 0 Å². The smallest absolute Gasteiger partial charge is 0.150 e. The highest BCUT2D eigenvalue weighted by Crippen LogP contribution is 2.19. The fourth-order valence-electron chi connectivity index (χ4n) is 2.35. The summed E-state index contributed by atoms with van der Waals surface area (Å²) >= 11 is 0. The van der Waals surface area contributed by atoms with E-state index < -0.39 is 0 Å². The first-order valence-electron chi connectivity index (χ1n) is 7.69. The summed E-state index contributed by atoms with van der Waals surface area (Å²) in [7, 11) is 0. The molecule has 0 saturated heterocycles. The van der Waals surface area contributed by atoms with Gasteiger partial charge in [-0.2, -0.15) is 5.10 Å². The molecule has 3 aromatic rings. The summed E-state index contributed by atoms with van der Waals surface area (Å²) < 4.78 is 0. The van der Waals surface area contributed by atoms with E-state index in [-0.39, 0.29) is 0 Å².